The van der Waals surface area contributed by atoms with Crippen molar-refractivity contribution in [2.75, 3.05) is 6.61 Å². The molecule has 45 heavy (non-hydrogen) atoms. The van der Waals surface area contributed by atoms with Gasteiger partial charge in [-0.2, -0.15) is 13.2 Å². The first-order valence-corrected chi connectivity index (χ1v) is 14.7. The molecule has 0 spiro atoms. The molecule has 0 fully saturated rings. The van der Waals surface area contributed by atoms with Gasteiger partial charge in [0.15, 0.2) is 5.78 Å². The number of carbonyl (C=O) groups is 2. The van der Waals surface area contributed by atoms with Gasteiger partial charge in [0.2, 0.25) is 5.89 Å². The predicted octanol–water partition coefficient (Wildman–Crippen LogP) is 7.70. The number of oxazole rings is 1. The van der Waals surface area contributed by atoms with E-state index in [-0.39, 0.29) is 12.0 Å². The molecule has 1 aromatic heterocycles. The lowest BCUT2D eigenvalue weighted by molar-refractivity contribution is -0.139. The van der Waals surface area contributed by atoms with Crippen LogP contribution in [0.1, 0.15) is 59.6 Å². The Balaban J connectivity index is 1.30. The van der Waals surface area contributed by atoms with Crippen LogP contribution in [0.25, 0.3) is 11.5 Å². The van der Waals surface area contributed by atoms with Crippen molar-refractivity contribution in [3.63, 3.8) is 0 Å². The average molecular weight is 621 g/mol. The summed E-state index contributed by atoms with van der Waals surface area (Å²) in [6, 6.07) is 19.7. The van der Waals surface area contributed by atoms with Gasteiger partial charge in [0.1, 0.15) is 17.6 Å². The number of alkyl halides is 3. The molecule has 2 N–H and O–H groups in total. The Hall–Kier alpha value is -4.86. The largest absolute Gasteiger partial charge is 0.494 e. The maximum atomic E-state index is 12.8. The van der Waals surface area contributed by atoms with Crippen LogP contribution in [0.4, 0.5) is 13.2 Å². The Kier molecular flexibility index (Phi) is 11.2. The summed E-state index contributed by atoms with van der Waals surface area (Å²) >= 11 is 0. The predicted molar refractivity (Wildman–Crippen MR) is 164 cm³/mol. The zero-order valence-electron chi connectivity index (χ0n) is 25.1. The van der Waals surface area contributed by atoms with E-state index in [4.69, 9.17) is 9.15 Å². The fourth-order valence-corrected chi connectivity index (χ4v) is 4.68. The Morgan fingerprint density at radius 2 is 1.69 bits per heavy atom. The monoisotopic (exact) mass is 620 g/mol. The first-order chi connectivity index (χ1) is 21.6. The second kappa shape index (κ2) is 15.2. The average Bonchev–Trinajstić information content (AvgIpc) is 3.46. The molecule has 0 radical (unpaired) electrons. The standard InChI is InChI=1S/C35H35F3N2O5/c1-3-27(22-31(41)24-14-16-26(17-15-24)35(36,37)38)39-30(34(42)43)21-23-12-18-28(19-13-23)44-20-8-11-29-32(4-2)45-33(40-29)25-9-6-5-7-10-25/h5-7,9-10,12-19,22,30,39H,3-4,8,11,20-21H2,1-2H3,(H,42,43)/b27-22+/t30-/m0/s1. The van der Waals surface area contributed by atoms with Gasteiger partial charge in [-0.1, -0.05) is 56.3 Å². The lowest BCUT2D eigenvalue weighted by atomic mass is 10.0. The number of carboxylic acid groups (broad SMARTS) is 1. The highest BCUT2D eigenvalue weighted by molar-refractivity contribution is 6.04. The number of ketones is 1. The van der Waals surface area contributed by atoms with E-state index in [0.717, 1.165) is 59.7 Å². The van der Waals surface area contributed by atoms with E-state index < -0.39 is 29.5 Å². The molecular formula is C35H35F3N2O5. The van der Waals surface area contributed by atoms with Gasteiger partial charge in [-0.15, -0.1) is 0 Å². The van der Waals surface area contributed by atoms with Crippen LogP contribution in [0.2, 0.25) is 0 Å². The van der Waals surface area contributed by atoms with Crippen LogP contribution in [0.5, 0.6) is 5.75 Å². The minimum atomic E-state index is -4.50. The van der Waals surface area contributed by atoms with E-state index in [2.05, 4.69) is 10.3 Å². The third kappa shape index (κ3) is 9.31. The smallest absolute Gasteiger partial charge is 0.416 e. The molecule has 0 saturated carbocycles. The number of carbonyl (C=O) groups excluding carboxylic acids is 1. The molecule has 3 aromatic carbocycles. The fourth-order valence-electron chi connectivity index (χ4n) is 4.68. The molecule has 4 rings (SSSR count). The molecule has 236 valence electrons. The lowest BCUT2D eigenvalue weighted by Gasteiger charge is -2.18. The summed E-state index contributed by atoms with van der Waals surface area (Å²) in [7, 11) is 0. The van der Waals surface area contributed by atoms with Crippen molar-refractivity contribution < 1.29 is 37.0 Å². The molecule has 0 aliphatic heterocycles. The van der Waals surface area contributed by atoms with Gasteiger partial charge in [0, 0.05) is 35.7 Å². The number of allylic oxidation sites excluding steroid dienone is 2. The molecule has 0 aliphatic carbocycles. The topological polar surface area (TPSA) is 102 Å². The summed E-state index contributed by atoms with van der Waals surface area (Å²) in [4.78, 5) is 29.3. The third-order valence-electron chi connectivity index (χ3n) is 7.15. The number of nitrogens with one attached hydrogen (secondary N) is 1. The van der Waals surface area contributed by atoms with Gasteiger partial charge in [-0.25, -0.2) is 9.78 Å². The molecule has 4 aromatic rings. The number of nitrogens with zero attached hydrogens (tertiary/aromatic N) is 1. The van der Waals surface area contributed by atoms with Crippen LogP contribution in [0.3, 0.4) is 0 Å². The Morgan fingerprint density at radius 3 is 2.29 bits per heavy atom. The van der Waals surface area contributed by atoms with Crippen LogP contribution in [-0.4, -0.2) is 34.5 Å². The molecule has 0 bridgehead atoms. The normalized spacial score (nSPS) is 12.5. The van der Waals surface area contributed by atoms with Gasteiger partial charge >= 0.3 is 12.1 Å². The molecule has 10 heteroatoms. The second-order valence-corrected chi connectivity index (χ2v) is 10.4. The van der Waals surface area contributed by atoms with Gasteiger partial charge in [-0.3, -0.25) is 4.79 Å². The maximum Gasteiger partial charge on any atom is 0.416 e. The fraction of sp³-hybridized carbons (Fsp3) is 0.286. The van der Waals surface area contributed by atoms with Crippen molar-refractivity contribution >= 4 is 11.8 Å². The van der Waals surface area contributed by atoms with Crippen LogP contribution in [0, 0.1) is 0 Å². The zero-order valence-corrected chi connectivity index (χ0v) is 25.1. The summed E-state index contributed by atoms with van der Waals surface area (Å²) in [5.41, 5.74) is 2.18. The lowest BCUT2D eigenvalue weighted by Crippen LogP contribution is -2.38. The van der Waals surface area contributed by atoms with E-state index in [9.17, 15) is 27.9 Å². The van der Waals surface area contributed by atoms with Crippen molar-refractivity contribution in [3.05, 3.63) is 119 Å². The van der Waals surface area contributed by atoms with E-state index in [1.165, 1.54) is 6.08 Å². The number of aryl methyl sites for hydroxylation is 2. The maximum absolute atomic E-state index is 12.8. The summed E-state index contributed by atoms with van der Waals surface area (Å²) in [5, 5.41) is 12.7. The minimum Gasteiger partial charge on any atom is -0.494 e. The van der Waals surface area contributed by atoms with Gasteiger partial charge in [0.25, 0.3) is 0 Å². The molecule has 1 atom stereocenters. The van der Waals surface area contributed by atoms with E-state index in [1.807, 2.05) is 37.3 Å². The van der Waals surface area contributed by atoms with E-state index in [1.54, 1.807) is 31.2 Å². The van der Waals surface area contributed by atoms with Crippen molar-refractivity contribution in [3.8, 4) is 17.2 Å². The molecular weight excluding hydrogens is 585 g/mol. The highest BCUT2D eigenvalue weighted by Gasteiger charge is 2.30. The van der Waals surface area contributed by atoms with Crippen molar-refractivity contribution in [2.45, 2.75) is 58.2 Å². The number of ether oxygens (including phenoxy) is 1. The molecule has 0 unspecified atom stereocenters. The van der Waals surface area contributed by atoms with Crippen LogP contribution >= 0.6 is 0 Å². The molecule has 0 amide bonds. The number of hydrogen-bond acceptors (Lipinski definition) is 6. The third-order valence-corrected chi connectivity index (χ3v) is 7.15. The first-order valence-electron chi connectivity index (χ1n) is 14.7. The minimum absolute atomic E-state index is 0.0713. The number of aliphatic carboxylic acids is 1. The van der Waals surface area contributed by atoms with Crippen LogP contribution < -0.4 is 10.1 Å². The number of benzene rings is 3. The second-order valence-electron chi connectivity index (χ2n) is 10.4. The van der Waals surface area contributed by atoms with Gasteiger partial charge in [-0.05, 0) is 61.2 Å². The van der Waals surface area contributed by atoms with Crippen molar-refractivity contribution in [2.24, 2.45) is 0 Å². The Labute approximate surface area is 259 Å². The molecule has 0 saturated heterocycles. The van der Waals surface area contributed by atoms with Crippen LogP contribution in [0.15, 0.2) is 95.1 Å². The summed E-state index contributed by atoms with van der Waals surface area (Å²) in [5.74, 6) is 0.497. The highest BCUT2D eigenvalue weighted by Crippen LogP contribution is 2.29. The SMILES string of the molecule is CC/C(=C\C(=O)c1ccc(C(F)(F)F)cc1)N[C@@H](Cc1ccc(OCCCc2nc(-c3ccccc3)oc2CC)cc1)C(=O)O. The van der Waals surface area contributed by atoms with Crippen LogP contribution in [-0.2, 0) is 30.2 Å². The summed E-state index contributed by atoms with van der Waals surface area (Å²) in [6.45, 7) is 4.24. The van der Waals surface area contributed by atoms with E-state index >= 15 is 0 Å². The Morgan fingerprint density at radius 1 is 1.00 bits per heavy atom. The number of rotatable bonds is 15. The number of halogens is 3. The van der Waals surface area contributed by atoms with Crippen molar-refractivity contribution in [1.29, 1.82) is 0 Å². The van der Waals surface area contributed by atoms with E-state index in [0.29, 0.717) is 36.8 Å². The summed E-state index contributed by atoms with van der Waals surface area (Å²) in [6.07, 6.45) is -0.634. The van der Waals surface area contributed by atoms with Gasteiger partial charge < -0.3 is 19.6 Å². The highest BCUT2D eigenvalue weighted by atomic mass is 19.4. The molecule has 0 aliphatic rings. The quantitative estimate of drug-likeness (QED) is 0.0798. The summed E-state index contributed by atoms with van der Waals surface area (Å²) < 4.78 is 50.3. The zero-order chi connectivity index (χ0) is 32.4. The Bertz CT molecular complexity index is 1600. The molecule has 1 heterocycles. The molecule has 7 nitrogen and oxygen atoms in total. The van der Waals surface area contributed by atoms with Crippen molar-refractivity contribution in [1.82, 2.24) is 10.3 Å². The number of carboxylic acids is 1. The number of hydrogen-bond donors (Lipinski definition) is 2. The van der Waals surface area contributed by atoms with Gasteiger partial charge in [0.05, 0.1) is 17.9 Å². The number of aromatic nitrogens is 1. The first kappa shape index (κ1) is 33.0.